The van der Waals surface area contributed by atoms with E-state index >= 15 is 0 Å². The number of nitrogens with one attached hydrogen (secondary N) is 2. The van der Waals surface area contributed by atoms with E-state index in [0.29, 0.717) is 40.2 Å². The molecule has 0 aromatic heterocycles. The molecule has 0 radical (unpaired) electrons. The first-order chi connectivity index (χ1) is 16.2. The lowest BCUT2D eigenvalue weighted by atomic mass is 9.95. The van der Waals surface area contributed by atoms with E-state index in [2.05, 4.69) is 41.2 Å². The van der Waals surface area contributed by atoms with E-state index in [9.17, 15) is 4.79 Å². The van der Waals surface area contributed by atoms with Crippen LogP contribution in [0, 0.1) is 0 Å². The van der Waals surface area contributed by atoms with Gasteiger partial charge in [-0.15, -0.1) is 0 Å². The van der Waals surface area contributed by atoms with E-state index in [4.69, 9.17) is 16.4 Å². The summed E-state index contributed by atoms with van der Waals surface area (Å²) in [4.78, 5) is 29.2. The van der Waals surface area contributed by atoms with Crippen molar-refractivity contribution >= 4 is 34.8 Å². The maximum Gasteiger partial charge on any atom is 0.260 e. The fourth-order valence-corrected chi connectivity index (χ4v) is 3.67. The van der Waals surface area contributed by atoms with Crippen molar-refractivity contribution in [2.75, 3.05) is 6.54 Å². The fourth-order valence-electron chi connectivity index (χ4n) is 3.39. The summed E-state index contributed by atoms with van der Waals surface area (Å²) >= 11 is 6.59. The first-order valence-electron chi connectivity index (χ1n) is 11.7. The molecule has 184 valence electrons. The molecule has 2 aliphatic rings. The maximum absolute atomic E-state index is 13.4. The van der Waals surface area contributed by atoms with Gasteiger partial charge in [0.25, 0.3) is 5.91 Å². The van der Waals surface area contributed by atoms with Crippen LogP contribution in [0.5, 0.6) is 0 Å². The third-order valence-corrected chi connectivity index (χ3v) is 5.10. The Morgan fingerprint density at radius 3 is 2.56 bits per heavy atom. The van der Waals surface area contributed by atoms with Gasteiger partial charge in [0, 0.05) is 39.9 Å². The third kappa shape index (κ3) is 6.58. The highest BCUT2D eigenvalue weighted by Gasteiger charge is 2.31. The number of hydrogen-bond donors (Lipinski definition) is 2. The van der Waals surface area contributed by atoms with E-state index in [0.717, 1.165) is 11.1 Å². The molecule has 2 aliphatic heterocycles. The van der Waals surface area contributed by atoms with Gasteiger partial charge in [0.1, 0.15) is 11.7 Å². The molecule has 0 bridgehead atoms. The summed E-state index contributed by atoms with van der Waals surface area (Å²) in [7, 11) is 0. The van der Waals surface area contributed by atoms with Crippen molar-refractivity contribution < 1.29 is 9.63 Å². The van der Waals surface area contributed by atoms with Crippen LogP contribution in [-0.4, -0.2) is 41.3 Å². The van der Waals surface area contributed by atoms with Crippen LogP contribution in [0.25, 0.3) is 5.57 Å². The average molecular weight is 486 g/mol. The molecule has 2 N–H and O–H groups in total. The molecule has 1 aromatic carbocycles. The lowest BCUT2D eigenvalue weighted by Crippen LogP contribution is -2.41. The van der Waals surface area contributed by atoms with Crippen LogP contribution in [0.15, 0.2) is 58.3 Å². The molecule has 2 heterocycles. The largest absolute Gasteiger partial charge is 0.368 e. The summed E-state index contributed by atoms with van der Waals surface area (Å²) in [5.74, 6) is 1.53. The normalized spacial score (nSPS) is 20.1. The molecule has 1 amide bonds. The number of allylic oxidation sites excluding steroid dienone is 1. The first-order valence-corrected chi connectivity index (χ1v) is 12.1. The highest BCUT2D eigenvalue weighted by Crippen LogP contribution is 2.32. The van der Waals surface area contributed by atoms with Gasteiger partial charge in [0.2, 0.25) is 0 Å². The van der Waals surface area contributed by atoms with Crippen LogP contribution in [0.3, 0.4) is 0 Å². The Labute approximate surface area is 208 Å². The van der Waals surface area contributed by atoms with Crippen LogP contribution >= 0.6 is 11.6 Å². The van der Waals surface area contributed by atoms with Crippen molar-refractivity contribution in [2.24, 2.45) is 9.98 Å². The minimum Gasteiger partial charge on any atom is -0.368 e. The second kappa shape index (κ2) is 12.5. The molecule has 0 aliphatic carbocycles. The average Bonchev–Trinajstić information content (AvgIpc) is 3.21. The van der Waals surface area contributed by atoms with Gasteiger partial charge in [-0.2, -0.15) is 0 Å². The summed E-state index contributed by atoms with van der Waals surface area (Å²) in [6, 6.07) is 5.67. The van der Waals surface area contributed by atoms with Gasteiger partial charge in [-0.05, 0) is 46.8 Å². The van der Waals surface area contributed by atoms with Crippen molar-refractivity contribution in [2.45, 2.75) is 67.2 Å². The highest BCUT2D eigenvalue weighted by atomic mass is 35.5. The minimum atomic E-state index is -0.260. The van der Waals surface area contributed by atoms with E-state index in [1.54, 1.807) is 11.0 Å². The van der Waals surface area contributed by atoms with Gasteiger partial charge in [-0.25, -0.2) is 20.3 Å². The van der Waals surface area contributed by atoms with Gasteiger partial charge >= 0.3 is 0 Å². The molecule has 1 aromatic rings. The van der Waals surface area contributed by atoms with E-state index in [-0.39, 0.29) is 18.2 Å². The number of carbonyl (C=O) groups excluding carboxylic acids is 1. The number of likely N-dealkylation sites (N-methyl/N-ethyl adjacent to an activating group) is 1. The monoisotopic (exact) mass is 485 g/mol. The van der Waals surface area contributed by atoms with Crippen LogP contribution in [-0.2, 0) is 9.63 Å². The zero-order valence-corrected chi connectivity index (χ0v) is 22.0. The maximum atomic E-state index is 13.4. The predicted octanol–water partition coefficient (Wildman–Crippen LogP) is 5.44. The number of halogens is 1. The van der Waals surface area contributed by atoms with Crippen molar-refractivity contribution in [1.82, 2.24) is 15.7 Å². The van der Waals surface area contributed by atoms with Crippen LogP contribution < -0.4 is 10.8 Å². The highest BCUT2D eigenvalue weighted by molar-refractivity contribution is 6.37. The summed E-state index contributed by atoms with van der Waals surface area (Å²) < 4.78 is 0. The number of aliphatic imine (C=N–C) groups is 2. The summed E-state index contributed by atoms with van der Waals surface area (Å²) in [5.41, 5.74) is 5.57. The standard InChI is InChI=1S/C23H28ClN5O2.C3H8/c1-7-16-11-19(23(30)29(8-2)22(16)26-14(5)25-13(3)4)18-10-9-17(12-20(18)24)21-27-15(6)31-28-21;1-3-2/h7,9-13,15,25H,5,8H2,1-4,6H3,(H,27,28);3H2,1-2H3/b16-7-,26-22+;. The smallest absolute Gasteiger partial charge is 0.260 e. The Balaban J connectivity index is 0.00000129. The van der Waals surface area contributed by atoms with E-state index < -0.39 is 0 Å². The summed E-state index contributed by atoms with van der Waals surface area (Å²) in [5, 5.41) is 3.62. The Bertz CT molecular complexity index is 1040. The molecule has 0 saturated carbocycles. The van der Waals surface area contributed by atoms with E-state index in [1.165, 1.54) is 6.42 Å². The summed E-state index contributed by atoms with van der Waals surface area (Å²) in [6.07, 6.45) is 4.74. The van der Waals surface area contributed by atoms with E-state index in [1.807, 2.05) is 58.9 Å². The van der Waals surface area contributed by atoms with Crippen LogP contribution in [0.1, 0.15) is 66.0 Å². The zero-order chi connectivity index (χ0) is 25.4. The molecular weight excluding hydrogens is 450 g/mol. The van der Waals surface area contributed by atoms with Crippen molar-refractivity contribution in [3.05, 3.63) is 64.5 Å². The fraction of sp³-hybridized carbons (Fsp3) is 0.423. The molecule has 1 atom stereocenters. The van der Waals surface area contributed by atoms with Crippen LogP contribution in [0.2, 0.25) is 5.02 Å². The number of benzene rings is 1. The van der Waals surface area contributed by atoms with Gasteiger partial charge in [0.05, 0.1) is 0 Å². The Hall–Kier alpha value is -2.90. The lowest BCUT2D eigenvalue weighted by Gasteiger charge is -2.30. The molecule has 7 nitrogen and oxygen atoms in total. The molecule has 3 rings (SSSR count). The molecule has 34 heavy (non-hydrogen) atoms. The number of amidine groups is 2. The second-order valence-electron chi connectivity index (χ2n) is 8.23. The molecule has 0 fully saturated rings. The Kier molecular flexibility index (Phi) is 10.1. The van der Waals surface area contributed by atoms with Gasteiger partial charge in [-0.1, -0.05) is 56.7 Å². The SMILES string of the molecule is C=C(/N=C1\C(=C/C)C=C(c2ccc(C3=NC(C)ON3)cc2Cl)C(=O)N1CC)NC(C)C.CCC. The van der Waals surface area contributed by atoms with Crippen molar-refractivity contribution in [1.29, 1.82) is 0 Å². The predicted molar refractivity (Wildman–Crippen MR) is 142 cm³/mol. The number of hydroxylamine groups is 1. The number of hydrogen-bond acceptors (Lipinski definition) is 6. The van der Waals surface area contributed by atoms with Crippen LogP contribution in [0.4, 0.5) is 0 Å². The summed E-state index contributed by atoms with van der Waals surface area (Å²) in [6.45, 7) is 18.4. The molecule has 1 unspecified atom stereocenters. The van der Waals surface area contributed by atoms with Gasteiger partial charge in [0.15, 0.2) is 12.1 Å². The quantitative estimate of drug-likeness (QED) is 0.562. The molecular formula is C26H36ClN5O2. The Morgan fingerprint density at radius 1 is 1.38 bits per heavy atom. The number of nitrogens with zero attached hydrogens (tertiary/aromatic N) is 3. The zero-order valence-electron chi connectivity index (χ0n) is 21.2. The molecule has 8 heteroatoms. The topological polar surface area (TPSA) is 78.3 Å². The van der Waals surface area contributed by atoms with Gasteiger partial charge < -0.3 is 5.32 Å². The first kappa shape index (κ1) is 27.3. The van der Waals surface area contributed by atoms with Gasteiger partial charge in [-0.3, -0.25) is 9.69 Å². The number of amides is 1. The Morgan fingerprint density at radius 2 is 2.06 bits per heavy atom. The number of carbonyl (C=O) groups is 1. The van der Waals surface area contributed by atoms with Crippen molar-refractivity contribution in [3.8, 4) is 0 Å². The van der Waals surface area contributed by atoms with Crippen molar-refractivity contribution in [3.63, 3.8) is 0 Å². The molecule has 0 saturated heterocycles. The second-order valence-corrected chi connectivity index (χ2v) is 8.64. The molecule has 0 spiro atoms. The minimum absolute atomic E-state index is 0.160. The number of rotatable bonds is 6. The third-order valence-electron chi connectivity index (χ3n) is 4.78. The lowest BCUT2D eigenvalue weighted by molar-refractivity contribution is -0.121.